The number of carbonyl (C=O) groups is 1. The summed E-state index contributed by atoms with van der Waals surface area (Å²) in [6.07, 6.45) is 6.97. The number of aliphatic hydroxyl groups excluding tert-OH is 1. The second-order valence-electron chi connectivity index (χ2n) is 9.91. The lowest BCUT2D eigenvalue weighted by molar-refractivity contribution is 0.0889. The van der Waals surface area contributed by atoms with E-state index < -0.39 is 0 Å². The van der Waals surface area contributed by atoms with Crippen molar-refractivity contribution in [2.75, 3.05) is 33.4 Å². The number of aromatic nitrogens is 5. The number of likely N-dealkylation sites (tertiary alicyclic amines) is 1. The molecule has 210 valence electrons. The van der Waals surface area contributed by atoms with E-state index >= 15 is 0 Å². The van der Waals surface area contributed by atoms with Gasteiger partial charge in [-0.2, -0.15) is 0 Å². The van der Waals surface area contributed by atoms with Gasteiger partial charge in [-0.05, 0) is 43.8 Å². The van der Waals surface area contributed by atoms with Crippen molar-refractivity contribution in [3.8, 4) is 28.7 Å². The van der Waals surface area contributed by atoms with Gasteiger partial charge in [0.1, 0.15) is 41.3 Å². The standard InChI is InChI=1S/C29H28ClN7O4/c1-36-16-19(34-28(39)22-12-18(30)6-7-31-22)13-20(17-36)37-25-14-23(29-32-8-10-41-29)33-15-24(25)35-27(37)21-4-2-3-5-26(21)40-11-9-38/h2-8,10,12,14-15,19-20,38H,9,11,13,16-17H2,1H3,(H,34,39)/t19?,20-/m1/s1. The van der Waals surface area contributed by atoms with Gasteiger partial charge >= 0.3 is 0 Å². The Morgan fingerprint density at radius 3 is 2.85 bits per heavy atom. The van der Waals surface area contributed by atoms with E-state index in [0.717, 1.165) is 17.6 Å². The van der Waals surface area contributed by atoms with Crippen LogP contribution in [0.5, 0.6) is 5.75 Å². The molecule has 6 rings (SSSR count). The van der Waals surface area contributed by atoms with Gasteiger partial charge in [-0.15, -0.1) is 0 Å². The zero-order valence-electron chi connectivity index (χ0n) is 22.3. The lowest BCUT2D eigenvalue weighted by Gasteiger charge is -2.37. The number of para-hydroxylation sites is 1. The van der Waals surface area contributed by atoms with Gasteiger partial charge in [-0.1, -0.05) is 23.7 Å². The average molecular weight is 574 g/mol. The molecule has 11 nitrogen and oxygen atoms in total. The normalized spacial score (nSPS) is 17.5. The van der Waals surface area contributed by atoms with Crippen LogP contribution in [0.15, 0.2) is 71.7 Å². The van der Waals surface area contributed by atoms with Crippen molar-refractivity contribution >= 4 is 28.5 Å². The largest absolute Gasteiger partial charge is 0.490 e. The smallest absolute Gasteiger partial charge is 0.270 e. The molecule has 12 heteroatoms. The molecule has 0 spiro atoms. The van der Waals surface area contributed by atoms with Crippen LogP contribution in [-0.2, 0) is 0 Å². The summed E-state index contributed by atoms with van der Waals surface area (Å²) < 4.78 is 13.6. The van der Waals surface area contributed by atoms with Crippen molar-refractivity contribution in [2.45, 2.75) is 18.5 Å². The third-order valence-corrected chi connectivity index (χ3v) is 7.21. The first-order chi connectivity index (χ1) is 20.0. The number of amides is 1. The number of hydrogen-bond donors (Lipinski definition) is 2. The van der Waals surface area contributed by atoms with E-state index in [1.807, 2.05) is 37.4 Å². The van der Waals surface area contributed by atoms with E-state index in [4.69, 9.17) is 25.7 Å². The minimum Gasteiger partial charge on any atom is -0.490 e. The Hall–Kier alpha value is -4.32. The molecule has 1 unspecified atom stereocenters. The van der Waals surface area contributed by atoms with Gasteiger partial charge in [-0.25, -0.2) is 15.0 Å². The van der Waals surface area contributed by atoms with Crippen molar-refractivity contribution in [3.05, 3.63) is 78.0 Å². The van der Waals surface area contributed by atoms with Crippen molar-refractivity contribution in [1.29, 1.82) is 0 Å². The van der Waals surface area contributed by atoms with E-state index in [1.165, 1.54) is 12.5 Å². The molecule has 0 aliphatic carbocycles. The van der Waals surface area contributed by atoms with Crippen LogP contribution < -0.4 is 10.1 Å². The monoisotopic (exact) mass is 573 g/mol. The number of piperidine rings is 1. The first-order valence-electron chi connectivity index (χ1n) is 13.2. The summed E-state index contributed by atoms with van der Waals surface area (Å²) in [5.41, 5.74) is 3.19. The Kier molecular flexibility index (Phi) is 7.64. The number of rotatable bonds is 8. The van der Waals surface area contributed by atoms with Crippen LogP contribution in [0, 0.1) is 0 Å². The zero-order chi connectivity index (χ0) is 28.3. The molecule has 1 amide bonds. The van der Waals surface area contributed by atoms with E-state index in [-0.39, 0.29) is 36.9 Å². The van der Waals surface area contributed by atoms with Crippen LogP contribution in [0.3, 0.4) is 0 Å². The number of nitrogens with one attached hydrogen (secondary N) is 1. The molecule has 1 fully saturated rings. The molecule has 0 bridgehead atoms. The Labute approximate surface area is 240 Å². The predicted molar refractivity (Wildman–Crippen MR) is 153 cm³/mol. The van der Waals surface area contributed by atoms with E-state index in [0.29, 0.717) is 46.7 Å². The lowest BCUT2D eigenvalue weighted by Crippen LogP contribution is -2.50. The number of halogens is 1. The number of fused-ring (bicyclic) bond motifs is 1. The highest BCUT2D eigenvalue weighted by molar-refractivity contribution is 6.30. The average Bonchev–Trinajstić information content (AvgIpc) is 3.64. The summed E-state index contributed by atoms with van der Waals surface area (Å²) in [4.78, 5) is 33.2. The number of pyridine rings is 2. The van der Waals surface area contributed by atoms with Gasteiger partial charge in [0.05, 0.1) is 36.1 Å². The highest BCUT2D eigenvalue weighted by atomic mass is 35.5. The van der Waals surface area contributed by atoms with E-state index in [2.05, 4.69) is 29.7 Å². The molecule has 4 aromatic heterocycles. The number of oxazole rings is 1. The fourth-order valence-electron chi connectivity index (χ4n) is 5.33. The Morgan fingerprint density at radius 2 is 2.05 bits per heavy atom. The minimum atomic E-state index is -0.277. The maximum absolute atomic E-state index is 13.1. The maximum Gasteiger partial charge on any atom is 0.270 e. The van der Waals surface area contributed by atoms with Gasteiger partial charge in [-0.3, -0.25) is 9.78 Å². The molecule has 2 atom stereocenters. The SMILES string of the molecule is CN1CC(NC(=O)c2cc(Cl)ccn2)C[C@@H](n2c(-c3ccccc3OCCO)nc3cnc(-c4ncco4)cc32)C1. The summed E-state index contributed by atoms with van der Waals surface area (Å²) in [5.74, 6) is 1.44. The number of imidazole rings is 1. The summed E-state index contributed by atoms with van der Waals surface area (Å²) in [7, 11) is 2.03. The number of aliphatic hydroxyl groups is 1. The molecule has 1 aromatic carbocycles. The number of likely N-dealkylation sites (N-methyl/N-ethyl adjacent to an activating group) is 1. The van der Waals surface area contributed by atoms with Gasteiger partial charge in [0.25, 0.3) is 5.91 Å². The highest BCUT2D eigenvalue weighted by Gasteiger charge is 2.32. The fraction of sp³-hybridized carbons (Fsp3) is 0.276. The van der Waals surface area contributed by atoms with Gasteiger partial charge < -0.3 is 29.0 Å². The number of ether oxygens (including phenoxy) is 1. The second kappa shape index (κ2) is 11.7. The Morgan fingerprint density at radius 1 is 1.17 bits per heavy atom. The summed E-state index contributed by atoms with van der Waals surface area (Å²) in [6.45, 7) is 1.44. The third-order valence-electron chi connectivity index (χ3n) is 6.97. The van der Waals surface area contributed by atoms with Gasteiger partial charge in [0, 0.05) is 30.4 Å². The molecule has 1 aliphatic heterocycles. The van der Waals surface area contributed by atoms with Crippen LogP contribution in [0.2, 0.25) is 5.02 Å². The number of benzene rings is 1. The molecule has 2 N–H and O–H groups in total. The Bertz CT molecular complexity index is 1670. The summed E-state index contributed by atoms with van der Waals surface area (Å²) in [5, 5.41) is 13.0. The quantitative estimate of drug-likeness (QED) is 0.284. The molecule has 1 aliphatic rings. The predicted octanol–water partition coefficient (Wildman–Crippen LogP) is 3.85. The van der Waals surface area contributed by atoms with Gasteiger partial charge in [0.15, 0.2) is 0 Å². The zero-order valence-corrected chi connectivity index (χ0v) is 23.0. The molecular formula is C29H28ClN7O4. The van der Waals surface area contributed by atoms with Crippen LogP contribution >= 0.6 is 11.6 Å². The van der Waals surface area contributed by atoms with Crippen LogP contribution in [-0.4, -0.2) is 79.8 Å². The molecule has 1 saturated heterocycles. The van der Waals surface area contributed by atoms with Crippen molar-refractivity contribution in [3.63, 3.8) is 0 Å². The van der Waals surface area contributed by atoms with Crippen LogP contribution in [0.4, 0.5) is 0 Å². The first kappa shape index (κ1) is 26.9. The summed E-state index contributed by atoms with van der Waals surface area (Å²) >= 11 is 6.09. The maximum atomic E-state index is 13.1. The number of hydrogen-bond acceptors (Lipinski definition) is 9. The van der Waals surface area contributed by atoms with E-state index in [9.17, 15) is 9.90 Å². The topological polar surface area (TPSA) is 131 Å². The molecule has 41 heavy (non-hydrogen) atoms. The Balaban J connectivity index is 1.42. The number of carbonyl (C=O) groups excluding carboxylic acids is 1. The molecule has 0 radical (unpaired) electrons. The lowest BCUT2D eigenvalue weighted by atomic mass is 9.99. The number of nitrogens with zero attached hydrogens (tertiary/aromatic N) is 6. The molecule has 5 heterocycles. The molecular weight excluding hydrogens is 546 g/mol. The first-order valence-corrected chi connectivity index (χ1v) is 13.6. The van der Waals surface area contributed by atoms with E-state index in [1.54, 1.807) is 24.5 Å². The van der Waals surface area contributed by atoms with Crippen LogP contribution in [0.25, 0.3) is 34.0 Å². The minimum absolute atomic E-state index is 0.0721. The van der Waals surface area contributed by atoms with Crippen molar-refractivity contribution < 1.29 is 19.1 Å². The van der Waals surface area contributed by atoms with Gasteiger partial charge in [0.2, 0.25) is 5.89 Å². The fourth-order valence-corrected chi connectivity index (χ4v) is 5.49. The van der Waals surface area contributed by atoms with Crippen LogP contribution in [0.1, 0.15) is 23.0 Å². The second-order valence-corrected chi connectivity index (χ2v) is 10.3. The molecule has 0 saturated carbocycles. The summed E-state index contributed by atoms with van der Waals surface area (Å²) in [6, 6.07) is 12.5. The van der Waals surface area contributed by atoms with Crippen molar-refractivity contribution in [2.24, 2.45) is 0 Å². The highest BCUT2D eigenvalue weighted by Crippen LogP contribution is 2.37. The third kappa shape index (κ3) is 5.64. The molecule has 5 aromatic rings. The van der Waals surface area contributed by atoms with Crippen molar-refractivity contribution in [1.82, 2.24) is 34.7 Å².